The number of sulfonamides is 1. The molecule has 0 N–H and O–H groups in total. The Morgan fingerprint density at radius 1 is 1.03 bits per heavy atom. The van der Waals surface area contributed by atoms with Crippen LogP contribution in [0.15, 0.2) is 70.3 Å². The van der Waals surface area contributed by atoms with Gasteiger partial charge in [-0.25, -0.2) is 8.42 Å². The molecule has 1 aliphatic rings. The molecule has 0 saturated carbocycles. The molecule has 2 aromatic carbocycles. The maximum atomic E-state index is 13.0. The molecule has 3 heterocycles. The largest absolute Gasteiger partial charge is 0.497 e. The Balaban J connectivity index is 1.44. The van der Waals surface area contributed by atoms with Gasteiger partial charge in [0.15, 0.2) is 0 Å². The Morgan fingerprint density at radius 3 is 2.55 bits per heavy atom. The molecule has 0 bridgehead atoms. The van der Waals surface area contributed by atoms with Crippen molar-refractivity contribution in [1.29, 1.82) is 0 Å². The fourth-order valence-corrected chi connectivity index (χ4v) is 7.67. The van der Waals surface area contributed by atoms with E-state index in [0.29, 0.717) is 23.2 Å². The molecular formula is C26H28N2O3S2. The van der Waals surface area contributed by atoms with E-state index in [2.05, 4.69) is 47.9 Å². The number of nitrogens with zero attached hydrogens (tertiary/aromatic N) is 2. The average molecular weight is 481 g/mol. The van der Waals surface area contributed by atoms with Gasteiger partial charge in [-0.1, -0.05) is 36.4 Å². The zero-order chi connectivity index (χ0) is 23.0. The fourth-order valence-electron chi connectivity index (χ4n) is 5.05. The van der Waals surface area contributed by atoms with Crippen molar-refractivity contribution in [3.05, 3.63) is 82.9 Å². The van der Waals surface area contributed by atoms with Crippen LogP contribution in [-0.2, 0) is 16.6 Å². The van der Waals surface area contributed by atoms with Gasteiger partial charge in [0.2, 0.25) is 0 Å². The average Bonchev–Trinajstić information content (AvgIpc) is 3.48. The van der Waals surface area contributed by atoms with Gasteiger partial charge in [-0.2, -0.15) is 4.31 Å². The van der Waals surface area contributed by atoms with Crippen LogP contribution in [0, 0.1) is 6.92 Å². The molecule has 1 fully saturated rings. The van der Waals surface area contributed by atoms with Gasteiger partial charge in [0.25, 0.3) is 10.0 Å². The van der Waals surface area contributed by atoms with E-state index in [0.717, 1.165) is 25.1 Å². The first-order valence-electron chi connectivity index (χ1n) is 11.2. The smallest absolute Gasteiger partial charge is 0.252 e. The first-order valence-corrected chi connectivity index (χ1v) is 13.6. The Kier molecular flexibility index (Phi) is 6.03. The van der Waals surface area contributed by atoms with E-state index < -0.39 is 10.0 Å². The number of ether oxygens (including phenoxy) is 1. The quantitative estimate of drug-likeness (QED) is 0.359. The summed E-state index contributed by atoms with van der Waals surface area (Å²) in [6.07, 6.45) is 1.66. The zero-order valence-electron chi connectivity index (χ0n) is 18.9. The first kappa shape index (κ1) is 22.2. The molecule has 2 aromatic heterocycles. The molecule has 0 atom stereocenters. The van der Waals surface area contributed by atoms with Gasteiger partial charge in [-0.05, 0) is 66.5 Å². The molecule has 5 nitrogen and oxygen atoms in total. The third-order valence-corrected chi connectivity index (χ3v) is 9.98. The lowest BCUT2D eigenvalue weighted by molar-refractivity contribution is 0.320. The van der Waals surface area contributed by atoms with E-state index >= 15 is 0 Å². The van der Waals surface area contributed by atoms with E-state index in [9.17, 15) is 8.42 Å². The summed E-state index contributed by atoms with van der Waals surface area (Å²) in [6.45, 7) is 4.08. The van der Waals surface area contributed by atoms with E-state index in [-0.39, 0.29) is 0 Å². The molecule has 4 aromatic rings. The number of benzene rings is 2. The van der Waals surface area contributed by atoms with E-state index in [1.165, 1.54) is 39.1 Å². The van der Waals surface area contributed by atoms with Crippen LogP contribution in [0.4, 0.5) is 0 Å². The number of rotatable bonds is 6. The van der Waals surface area contributed by atoms with Gasteiger partial charge in [0.1, 0.15) is 9.96 Å². The highest BCUT2D eigenvalue weighted by atomic mass is 32.2. The van der Waals surface area contributed by atoms with Gasteiger partial charge in [-0.3, -0.25) is 0 Å². The molecule has 0 amide bonds. The van der Waals surface area contributed by atoms with Crippen LogP contribution >= 0.6 is 11.3 Å². The highest BCUT2D eigenvalue weighted by molar-refractivity contribution is 7.91. The highest BCUT2D eigenvalue weighted by Crippen LogP contribution is 2.39. The topological polar surface area (TPSA) is 51.5 Å². The SMILES string of the molecule is COc1cccc(Cn2c(C)c(C3CCN(S(=O)(=O)c4cccs4)CC3)c3ccccc32)c1. The molecule has 0 aliphatic carbocycles. The van der Waals surface area contributed by atoms with Crippen molar-refractivity contribution in [2.75, 3.05) is 20.2 Å². The molecule has 0 unspecified atom stereocenters. The summed E-state index contributed by atoms with van der Waals surface area (Å²) < 4.78 is 35.8. The van der Waals surface area contributed by atoms with Gasteiger partial charge in [-0.15, -0.1) is 11.3 Å². The summed E-state index contributed by atoms with van der Waals surface area (Å²) in [6, 6.07) is 20.3. The second-order valence-electron chi connectivity index (χ2n) is 8.56. The van der Waals surface area contributed by atoms with Crippen molar-refractivity contribution >= 4 is 32.3 Å². The zero-order valence-corrected chi connectivity index (χ0v) is 20.5. The molecular weight excluding hydrogens is 452 g/mol. The first-order chi connectivity index (χ1) is 16.0. The van der Waals surface area contributed by atoms with Crippen molar-refractivity contribution in [2.24, 2.45) is 0 Å². The third kappa shape index (κ3) is 4.09. The Bertz CT molecular complexity index is 1370. The predicted molar refractivity (Wildman–Crippen MR) is 134 cm³/mol. The van der Waals surface area contributed by atoms with Crippen LogP contribution in [0.1, 0.15) is 35.6 Å². The lowest BCUT2D eigenvalue weighted by Gasteiger charge is -2.31. The van der Waals surface area contributed by atoms with Crippen LogP contribution in [0.5, 0.6) is 5.75 Å². The van der Waals surface area contributed by atoms with Gasteiger partial charge in [0.05, 0.1) is 7.11 Å². The van der Waals surface area contributed by atoms with Crippen molar-refractivity contribution < 1.29 is 13.2 Å². The van der Waals surface area contributed by atoms with E-state index in [4.69, 9.17) is 4.74 Å². The number of methoxy groups -OCH3 is 1. The van der Waals surface area contributed by atoms with Crippen molar-refractivity contribution in [1.82, 2.24) is 8.87 Å². The summed E-state index contributed by atoms with van der Waals surface area (Å²) in [7, 11) is -1.69. The number of para-hydroxylation sites is 1. The molecule has 5 rings (SSSR count). The minimum atomic E-state index is -3.38. The molecule has 0 radical (unpaired) electrons. The Labute approximate surface area is 199 Å². The molecule has 1 aliphatic heterocycles. The number of piperidine rings is 1. The van der Waals surface area contributed by atoms with Crippen molar-refractivity contribution in [2.45, 2.75) is 36.4 Å². The summed E-state index contributed by atoms with van der Waals surface area (Å²) in [5.74, 6) is 1.21. The minimum absolute atomic E-state index is 0.344. The Morgan fingerprint density at radius 2 is 1.82 bits per heavy atom. The minimum Gasteiger partial charge on any atom is -0.497 e. The molecule has 172 valence electrons. The van der Waals surface area contributed by atoms with Crippen LogP contribution in [0.3, 0.4) is 0 Å². The lowest BCUT2D eigenvalue weighted by atomic mass is 9.88. The van der Waals surface area contributed by atoms with Crippen LogP contribution in [0.25, 0.3) is 10.9 Å². The summed E-state index contributed by atoms with van der Waals surface area (Å²) in [5, 5.41) is 3.10. The van der Waals surface area contributed by atoms with Crippen molar-refractivity contribution in [3.63, 3.8) is 0 Å². The predicted octanol–water partition coefficient (Wildman–Crippen LogP) is 5.64. The summed E-state index contributed by atoms with van der Waals surface area (Å²) >= 11 is 1.29. The monoisotopic (exact) mass is 480 g/mol. The number of fused-ring (bicyclic) bond motifs is 1. The highest BCUT2D eigenvalue weighted by Gasteiger charge is 2.32. The molecule has 33 heavy (non-hydrogen) atoms. The maximum Gasteiger partial charge on any atom is 0.252 e. The van der Waals surface area contributed by atoms with Crippen LogP contribution in [-0.4, -0.2) is 37.5 Å². The summed E-state index contributed by atoms with van der Waals surface area (Å²) in [5.41, 5.74) is 5.04. The number of hydrogen-bond acceptors (Lipinski definition) is 4. The number of aromatic nitrogens is 1. The number of hydrogen-bond donors (Lipinski definition) is 0. The second-order valence-corrected chi connectivity index (χ2v) is 11.7. The molecule has 7 heteroatoms. The lowest BCUT2D eigenvalue weighted by Crippen LogP contribution is -2.37. The number of thiophene rings is 1. The third-order valence-electron chi connectivity index (χ3n) is 6.71. The summed E-state index contributed by atoms with van der Waals surface area (Å²) in [4.78, 5) is 0. The van der Waals surface area contributed by atoms with Crippen LogP contribution in [0.2, 0.25) is 0 Å². The van der Waals surface area contributed by atoms with Crippen molar-refractivity contribution in [3.8, 4) is 5.75 Å². The maximum absolute atomic E-state index is 13.0. The standard InChI is InChI=1S/C26H28N2O3S2/c1-19-26(21-12-14-27(15-13-21)33(29,30)25-11-6-16-32-25)23-9-3-4-10-24(23)28(19)18-20-7-5-8-22(17-20)31-2/h3-11,16-17,21H,12-15,18H2,1-2H3. The van der Waals surface area contributed by atoms with Gasteiger partial charge >= 0.3 is 0 Å². The van der Waals surface area contributed by atoms with E-state index in [1.54, 1.807) is 23.5 Å². The molecule has 1 saturated heterocycles. The normalized spacial score (nSPS) is 15.8. The van der Waals surface area contributed by atoms with Gasteiger partial charge < -0.3 is 9.30 Å². The van der Waals surface area contributed by atoms with Crippen LogP contribution < -0.4 is 4.74 Å². The van der Waals surface area contributed by atoms with Gasteiger partial charge in [0, 0.05) is 36.2 Å². The Hall–Kier alpha value is -2.61. The fraction of sp³-hybridized carbons (Fsp3) is 0.308. The molecule has 0 spiro atoms. The second kappa shape index (κ2) is 8.97. The van der Waals surface area contributed by atoms with E-state index in [1.807, 2.05) is 17.5 Å².